The highest BCUT2D eigenvalue weighted by Gasteiger charge is 2.61. The van der Waals surface area contributed by atoms with Crippen molar-refractivity contribution in [3.8, 4) is 0 Å². The normalized spacial score (nSPS) is 41.6. The zero-order valence-corrected chi connectivity index (χ0v) is 10.1. The molecule has 0 radical (unpaired) electrons. The van der Waals surface area contributed by atoms with Crippen LogP contribution >= 0.6 is 0 Å². The monoisotopic (exact) mass is 211 g/mol. The fourth-order valence-electron chi connectivity index (χ4n) is 3.72. The highest BCUT2D eigenvalue weighted by Crippen LogP contribution is 2.63. The fraction of sp³-hybridized carbons (Fsp3) is 0.917. The topological polar surface area (TPSA) is 38.3 Å². The fourth-order valence-corrected chi connectivity index (χ4v) is 3.72. The lowest BCUT2D eigenvalue weighted by Crippen LogP contribution is -2.45. The van der Waals surface area contributed by atoms with Gasteiger partial charge < -0.3 is 10.1 Å². The van der Waals surface area contributed by atoms with Crippen LogP contribution in [-0.2, 0) is 4.74 Å². The van der Waals surface area contributed by atoms with Crippen molar-refractivity contribution >= 4 is 6.09 Å². The Balaban J connectivity index is 2.19. The summed E-state index contributed by atoms with van der Waals surface area (Å²) in [6, 6.07) is 0. The van der Waals surface area contributed by atoms with Crippen LogP contribution in [0.1, 0.15) is 40.0 Å². The van der Waals surface area contributed by atoms with Gasteiger partial charge in [-0.05, 0) is 25.2 Å². The molecule has 2 aliphatic carbocycles. The Morgan fingerprint density at radius 1 is 1.40 bits per heavy atom. The van der Waals surface area contributed by atoms with Gasteiger partial charge in [0.15, 0.2) is 0 Å². The molecule has 0 aromatic rings. The van der Waals surface area contributed by atoms with Crippen LogP contribution in [0.25, 0.3) is 0 Å². The van der Waals surface area contributed by atoms with Crippen molar-refractivity contribution < 1.29 is 9.53 Å². The summed E-state index contributed by atoms with van der Waals surface area (Å²) >= 11 is 0. The van der Waals surface area contributed by atoms with E-state index in [1.165, 1.54) is 19.3 Å². The first-order chi connectivity index (χ1) is 6.90. The predicted molar refractivity (Wildman–Crippen MR) is 58.6 cm³/mol. The number of amides is 1. The Hall–Kier alpha value is -0.730. The van der Waals surface area contributed by atoms with Crippen molar-refractivity contribution in [2.24, 2.45) is 16.7 Å². The van der Waals surface area contributed by atoms with E-state index in [0.29, 0.717) is 0 Å². The zero-order valence-electron chi connectivity index (χ0n) is 10.1. The van der Waals surface area contributed by atoms with Crippen LogP contribution in [0.2, 0.25) is 0 Å². The van der Waals surface area contributed by atoms with Crippen LogP contribution in [-0.4, -0.2) is 19.2 Å². The standard InChI is InChI=1S/C12H21NO2/c1-11(2)8-5-6-12(3,7-8)9(11)15-10(14)13-4/h8-9H,5-7H2,1-4H3,(H,13,14). The molecular formula is C12H21NO2. The van der Waals surface area contributed by atoms with Gasteiger partial charge in [-0.15, -0.1) is 0 Å². The van der Waals surface area contributed by atoms with Crippen molar-refractivity contribution in [2.45, 2.75) is 46.1 Å². The lowest BCUT2D eigenvalue weighted by atomic mass is 9.70. The van der Waals surface area contributed by atoms with Gasteiger partial charge in [-0.25, -0.2) is 4.79 Å². The first-order valence-corrected chi connectivity index (χ1v) is 5.78. The maximum atomic E-state index is 11.3. The second-order valence-corrected chi connectivity index (χ2v) is 5.95. The predicted octanol–water partition coefficient (Wildman–Crippen LogP) is 2.56. The molecule has 3 nitrogen and oxygen atoms in total. The quantitative estimate of drug-likeness (QED) is 0.724. The van der Waals surface area contributed by atoms with Gasteiger partial charge in [-0.1, -0.05) is 20.8 Å². The lowest BCUT2D eigenvalue weighted by molar-refractivity contribution is -0.0451. The van der Waals surface area contributed by atoms with E-state index >= 15 is 0 Å². The number of nitrogens with one attached hydrogen (secondary N) is 1. The summed E-state index contributed by atoms with van der Waals surface area (Å²) in [5, 5.41) is 2.55. The van der Waals surface area contributed by atoms with Crippen LogP contribution in [0.15, 0.2) is 0 Å². The number of ether oxygens (including phenoxy) is 1. The van der Waals surface area contributed by atoms with Gasteiger partial charge in [0.25, 0.3) is 0 Å². The average molecular weight is 211 g/mol. The molecule has 1 amide bonds. The molecule has 0 saturated heterocycles. The highest BCUT2D eigenvalue weighted by molar-refractivity contribution is 5.67. The summed E-state index contributed by atoms with van der Waals surface area (Å²) in [5.74, 6) is 0.720. The number of hydrogen-bond donors (Lipinski definition) is 1. The molecule has 15 heavy (non-hydrogen) atoms. The van der Waals surface area contributed by atoms with E-state index in [0.717, 1.165) is 5.92 Å². The smallest absolute Gasteiger partial charge is 0.407 e. The molecule has 0 heterocycles. The molecule has 2 fully saturated rings. The van der Waals surface area contributed by atoms with Crippen LogP contribution < -0.4 is 5.32 Å². The number of fused-ring (bicyclic) bond motifs is 2. The summed E-state index contributed by atoms with van der Waals surface area (Å²) < 4.78 is 5.56. The van der Waals surface area contributed by atoms with Crippen LogP contribution in [0.3, 0.4) is 0 Å². The van der Waals surface area contributed by atoms with Crippen molar-refractivity contribution in [1.82, 2.24) is 5.32 Å². The summed E-state index contributed by atoms with van der Waals surface area (Å²) in [6.45, 7) is 6.72. The Morgan fingerprint density at radius 2 is 2.07 bits per heavy atom. The number of hydrogen-bond acceptors (Lipinski definition) is 2. The largest absolute Gasteiger partial charge is 0.445 e. The van der Waals surface area contributed by atoms with E-state index in [2.05, 4.69) is 26.1 Å². The van der Waals surface area contributed by atoms with Gasteiger partial charge in [-0.2, -0.15) is 0 Å². The second kappa shape index (κ2) is 3.13. The first kappa shape index (κ1) is 10.8. The molecular weight excluding hydrogens is 190 g/mol. The molecule has 0 aliphatic heterocycles. The van der Waals surface area contributed by atoms with Crippen LogP contribution in [0.4, 0.5) is 4.79 Å². The maximum Gasteiger partial charge on any atom is 0.407 e. The molecule has 86 valence electrons. The molecule has 2 bridgehead atoms. The van der Waals surface area contributed by atoms with E-state index in [1.54, 1.807) is 7.05 Å². The molecule has 3 heteroatoms. The molecule has 0 aromatic carbocycles. The van der Waals surface area contributed by atoms with Gasteiger partial charge in [0.05, 0.1) is 0 Å². The van der Waals surface area contributed by atoms with Crippen molar-refractivity contribution in [2.75, 3.05) is 7.05 Å². The minimum Gasteiger partial charge on any atom is -0.445 e. The summed E-state index contributed by atoms with van der Waals surface area (Å²) in [6.07, 6.45) is 3.48. The van der Waals surface area contributed by atoms with E-state index in [1.807, 2.05) is 0 Å². The third-order valence-corrected chi connectivity index (χ3v) is 4.57. The van der Waals surface area contributed by atoms with Gasteiger partial charge in [0.2, 0.25) is 0 Å². The third kappa shape index (κ3) is 1.44. The van der Waals surface area contributed by atoms with E-state index in [-0.39, 0.29) is 23.0 Å². The zero-order chi connectivity index (χ0) is 11.3. The minimum absolute atomic E-state index is 0.0729. The summed E-state index contributed by atoms with van der Waals surface area (Å²) in [4.78, 5) is 11.3. The second-order valence-electron chi connectivity index (χ2n) is 5.95. The molecule has 3 atom stereocenters. The van der Waals surface area contributed by atoms with Crippen molar-refractivity contribution in [1.29, 1.82) is 0 Å². The minimum atomic E-state index is -0.290. The number of alkyl carbamates (subject to hydrolysis) is 1. The highest BCUT2D eigenvalue weighted by atomic mass is 16.6. The SMILES string of the molecule is CNC(=O)OC1C2(C)CCC(C2)C1(C)C. The molecule has 3 unspecified atom stereocenters. The van der Waals surface area contributed by atoms with Gasteiger partial charge >= 0.3 is 6.09 Å². The number of rotatable bonds is 1. The molecule has 2 aliphatic rings. The molecule has 0 spiro atoms. The summed E-state index contributed by atoms with van der Waals surface area (Å²) in [7, 11) is 1.62. The van der Waals surface area contributed by atoms with Gasteiger partial charge in [0, 0.05) is 17.9 Å². The summed E-state index contributed by atoms with van der Waals surface area (Å²) in [5.41, 5.74) is 0.347. The van der Waals surface area contributed by atoms with E-state index in [9.17, 15) is 4.79 Å². The molecule has 2 saturated carbocycles. The Bertz CT molecular complexity index is 283. The van der Waals surface area contributed by atoms with E-state index in [4.69, 9.17) is 4.74 Å². The molecule has 0 aromatic heterocycles. The maximum absolute atomic E-state index is 11.3. The van der Waals surface area contributed by atoms with Gasteiger partial charge in [0.1, 0.15) is 6.10 Å². The number of carbonyl (C=O) groups is 1. The van der Waals surface area contributed by atoms with Crippen molar-refractivity contribution in [3.05, 3.63) is 0 Å². The molecule has 1 N–H and O–H groups in total. The average Bonchev–Trinajstić information content (AvgIpc) is 2.63. The Morgan fingerprint density at radius 3 is 2.53 bits per heavy atom. The first-order valence-electron chi connectivity index (χ1n) is 5.78. The Kier molecular flexibility index (Phi) is 2.25. The van der Waals surface area contributed by atoms with Gasteiger partial charge in [-0.3, -0.25) is 0 Å². The van der Waals surface area contributed by atoms with Crippen LogP contribution in [0.5, 0.6) is 0 Å². The van der Waals surface area contributed by atoms with Crippen molar-refractivity contribution in [3.63, 3.8) is 0 Å². The lowest BCUT2D eigenvalue weighted by Gasteiger charge is -2.41. The van der Waals surface area contributed by atoms with E-state index < -0.39 is 0 Å². The number of carbonyl (C=O) groups excluding carboxylic acids is 1. The molecule has 2 rings (SSSR count). The Labute approximate surface area is 91.6 Å². The third-order valence-electron chi connectivity index (χ3n) is 4.57. The van der Waals surface area contributed by atoms with Crippen LogP contribution in [0, 0.1) is 16.7 Å².